The summed E-state index contributed by atoms with van der Waals surface area (Å²) in [5.74, 6) is 1.04. The molecule has 102 valence electrons. The second-order valence-electron chi connectivity index (χ2n) is 4.62. The molecule has 0 aliphatic rings. The summed E-state index contributed by atoms with van der Waals surface area (Å²) >= 11 is 5.70. The molecule has 0 aromatic heterocycles. The van der Waals surface area contributed by atoms with Crippen molar-refractivity contribution in [1.82, 2.24) is 4.72 Å². The summed E-state index contributed by atoms with van der Waals surface area (Å²) in [5.41, 5.74) is 0.939. The van der Waals surface area contributed by atoms with Crippen LogP contribution in [0.25, 0.3) is 0 Å². The van der Waals surface area contributed by atoms with Crippen LogP contribution < -0.4 is 4.72 Å². The molecule has 1 unspecified atom stereocenters. The van der Waals surface area contributed by atoms with Crippen LogP contribution in [0, 0.1) is 12.8 Å². The number of alkyl halides is 1. The van der Waals surface area contributed by atoms with Crippen molar-refractivity contribution in [3.05, 3.63) is 29.8 Å². The van der Waals surface area contributed by atoms with Crippen LogP contribution in [-0.4, -0.2) is 20.8 Å². The van der Waals surface area contributed by atoms with Crippen molar-refractivity contribution in [2.24, 2.45) is 5.92 Å². The van der Waals surface area contributed by atoms with Gasteiger partial charge in [0.2, 0.25) is 10.0 Å². The van der Waals surface area contributed by atoms with Crippen LogP contribution in [0.2, 0.25) is 0 Å². The van der Waals surface area contributed by atoms with Crippen molar-refractivity contribution in [3.8, 4) is 0 Å². The molecule has 0 saturated heterocycles. The van der Waals surface area contributed by atoms with Gasteiger partial charge in [0, 0.05) is 12.4 Å². The topological polar surface area (TPSA) is 46.2 Å². The Morgan fingerprint density at radius 3 is 2.72 bits per heavy atom. The first-order valence-corrected chi connectivity index (χ1v) is 8.10. The summed E-state index contributed by atoms with van der Waals surface area (Å²) < 4.78 is 26.5. The van der Waals surface area contributed by atoms with E-state index in [4.69, 9.17) is 11.6 Å². The van der Waals surface area contributed by atoms with Crippen LogP contribution >= 0.6 is 11.6 Å². The van der Waals surface area contributed by atoms with Gasteiger partial charge in [-0.25, -0.2) is 13.1 Å². The third-order valence-electron chi connectivity index (χ3n) is 2.73. The number of nitrogens with one attached hydrogen (secondary N) is 1. The maximum Gasteiger partial charge on any atom is 0.240 e. The van der Waals surface area contributed by atoms with Gasteiger partial charge in [-0.1, -0.05) is 19.1 Å². The molecule has 0 bridgehead atoms. The summed E-state index contributed by atoms with van der Waals surface area (Å²) in [7, 11) is -3.37. The maximum absolute atomic E-state index is 12.0. The molecule has 1 aromatic carbocycles. The minimum atomic E-state index is -3.37. The van der Waals surface area contributed by atoms with Crippen LogP contribution in [-0.2, 0) is 10.0 Å². The van der Waals surface area contributed by atoms with E-state index in [9.17, 15) is 8.42 Å². The first kappa shape index (κ1) is 15.5. The fraction of sp³-hybridized carbons (Fsp3) is 0.538. The van der Waals surface area contributed by atoms with Gasteiger partial charge in [-0.2, -0.15) is 0 Å². The predicted octanol–water partition coefficient (Wildman–Crippen LogP) is 2.93. The van der Waals surface area contributed by atoms with Crippen molar-refractivity contribution in [2.45, 2.75) is 31.6 Å². The van der Waals surface area contributed by atoms with Crippen LogP contribution in [0.15, 0.2) is 29.2 Å². The molecule has 1 N–H and O–H groups in total. The molecule has 0 saturated carbocycles. The number of hydrogen-bond acceptors (Lipinski definition) is 2. The number of aryl methyl sites for hydroxylation is 1. The fourth-order valence-electron chi connectivity index (χ4n) is 1.60. The highest BCUT2D eigenvalue weighted by Crippen LogP contribution is 2.11. The van der Waals surface area contributed by atoms with E-state index >= 15 is 0 Å². The molecule has 18 heavy (non-hydrogen) atoms. The maximum atomic E-state index is 12.0. The van der Waals surface area contributed by atoms with Crippen molar-refractivity contribution in [2.75, 3.05) is 12.4 Å². The van der Waals surface area contributed by atoms with Crippen LogP contribution in [0.1, 0.15) is 25.3 Å². The molecule has 1 atom stereocenters. The Bertz CT molecular complexity index is 474. The molecule has 1 aromatic rings. The van der Waals surface area contributed by atoms with Gasteiger partial charge >= 0.3 is 0 Å². The van der Waals surface area contributed by atoms with E-state index in [0.717, 1.165) is 18.4 Å². The second kappa shape index (κ2) is 7.12. The molecule has 0 fully saturated rings. The largest absolute Gasteiger partial charge is 0.240 e. The summed E-state index contributed by atoms with van der Waals surface area (Å²) in [5, 5.41) is 0. The van der Waals surface area contributed by atoms with Crippen LogP contribution in [0.5, 0.6) is 0 Å². The van der Waals surface area contributed by atoms with Crippen molar-refractivity contribution < 1.29 is 8.42 Å². The number of rotatable bonds is 7. The third kappa shape index (κ3) is 4.96. The van der Waals surface area contributed by atoms with Gasteiger partial charge in [-0.05, 0) is 43.4 Å². The quantitative estimate of drug-likeness (QED) is 0.620. The molecule has 0 aliphatic carbocycles. The van der Waals surface area contributed by atoms with Gasteiger partial charge in [-0.15, -0.1) is 11.6 Å². The monoisotopic (exact) mass is 289 g/mol. The Morgan fingerprint density at radius 1 is 1.39 bits per heavy atom. The smallest absolute Gasteiger partial charge is 0.211 e. The molecule has 0 heterocycles. The van der Waals surface area contributed by atoms with Gasteiger partial charge in [0.25, 0.3) is 0 Å². The molecule has 3 nitrogen and oxygen atoms in total. The molecule has 0 aliphatic heterocycles. The average molecular weight is 290 g/mol. The van der Waals surface area contributed by atoms with Gasteiger partial charge < -0.3 is 0 Å². The van der Waals surface area contributed by atoms with Gasteiger partial charge in [0.15, 0.2) is 0 Å². The number of hydrogen-bond donors (Lipinski definition) is 1. The lowest BCUT2D eigenvalue weighted by atomic mass is 10.1. The van der Waals surface area contributed by atoms with E-state index in [-0.39, 0.29) is 0 Å². The predicted molar refractivity (Wildman–Crippen MR) is 75.5 cm³/mol. The molecule has 0 radical (unpaired) electrons. The third-order valence-corrected chi connectivity index (χ3v) is 4.71. The van der Waals surface area contributed by atoms with E-state index < -0.39 is 10.0 Å². The van der Waals surface area contributed by atoms with Crippen molar-refractivity contribution in [3.63, 3.8) is 0 Å². The Hall–Kier alpha value is -0.580. The zero-order valence-electron chi connectivity index (χ0n) is 10.8. The first-order valence-electron chi connectivity index (χ1n) is 6.08. The van der Waals surface area contributed by atoms with Gasteiger partial charge in [-0.3, -0.25) is 0 Å². The zero-order valence-corrected chi connectivity index (χ0v) is 12.4. The van der Waals surface area contributed by atoms with E-state index in [2.05, 4.69) is 11.6 Å². The Kier molecular flexibility index (Phi) is 6.12. The van der Waals surface area contributed by atoms with Crippen LogP contribution in [0.4, 0.5) is 0 Å². The minimum Gasteiger partial charge on any atom is -0.211 e. The summed E-state index contributed by atoms with van der Waals surface area (Å²) in [6, 6.07) is 6.90. The standard InChI is InChI=1S/C13H20ClNO2S/c1-11-5-3-7-13(9-11)18(16,17)15-8-4-6-12(2)10-14/h3,5,7,9,12,15H,4,6,8,10H2,1-2H3. The van der Waals surface area contributed by atoms with Gasteiger partial charge in [0.1, 0.15) is 0 Å². The zero-order chi connectivity index (χ0) is 13.6. The number of sulfonamides is 1. The normalized spacial score (nSPS) is 13.5. The molecule has 1 rings (SSSR count). The van der Waals surface area contributed by atoms with E-state index in [0.29, 0.717) is 23.2 Å². The SMILES string of the molecule is Cc1cccc(S(=O)(=O)NCCCC(C)CCl)c1. The number of halogens is 1. The second-order valence-corrected chi connectivity index (χ2v) is 6.69. The number of benzene rings is 1. The van der Waals surface area contributed by atoms with E-state index in [1.807, 2.05) is 13.0 Å². The average Bonchev–Trinajstić information content (AvgIpc) is 2.34. The Morgan fingerprint density at radius 2 is 2.11 bits per heavy atom. The summed E-state index contributed by atoms with van der Waals surface area (Å²) in [4.78, 5) is 0.327. The molecular formula is C13H20ClNO2S. The molecular weight excluding hydrogens is 270 g/mol. The lowest BCUT2D eigenvalue weighted by molar-refractivity contribution is 0.543. The fourth-order valence-corrected chi connectivity index (χ4v) is 2.93. The summed E-state index contributed by atoms with van der Waals surface area (Å²) in [6.45, 7) is 4.39. The molecule has 0 amide bonds. The highest BCUT2D eigenvalue weighted by molar-refractivity contribution is 7.89. The molecule has 0 spiro atoms. The molecule has 5 heteroatoms. The lowest BCUT2D eigenvalue weighted by Gasteiger charge is -2.09. The minimum absolute atomic E-state index is 0.327. The first-order chi connectivity index (χ1) is 8.45. The summed E-state index contributed by atoms with van der Waals surface area (Å²) in [6.07, 6.45) is 1.73. The van der Waals surface area contributed by atoms with Crippen molar-refractivity contribution >= 4 is 21.6 Å². The van der Waals surface area contributed by atoms with Crippen molar-refractivity contribution in [1.29, 1.82) is 0 Å². The highest BCUT2D eigenvalue weighted by Gasteiger charge is 2.13. The lowest BCUT2D eigenvalue weighted by Crippen LogP contribution is -2.25. The van der Waals surface area contributed by atoms with Gasteiger partial charge in [0.05, 0.1) is 4.90 Å². The highest BCUT2D eigenvalue weighted by atomic mass is 35.5. The Balaban J connectivity index is 2.51. The Labute approximate surface area is 115 Å². The van der Waals surface area contributed by atoms with Crippen LogP contribution in [0.3, 0.4) is 0 Å². The van der Waals surface area contributed by atoms with E-state index in [1.54, 1.807) is 18.2 Å². The van der Waals surface area contributed by atoms with E-state index in [1.165, 1.54) is 0 Å².